The van der Waals surface area contributed by atoms with Gasteiger partial charge in [-0.05, 0) is 30.9 Å². The predicted octanol–water partition coefficient (Wildman–Crippen LogP) is 4.10. The van der Waals surface area contributed by atoms with Crippen molar-refractivity contribution in [2.45, 2.75) is 33.1 Å². The van der Waals surface area contributed by atoms with Gasteiger partial charge in [0.05, 0.1) is 0 Å². The molecule has 5 nitrogen and oxygen atoms in total. The predicted molar refractivity (Wildman–Crippen MR) is 95.6 cm³/mol. The van der Waals surface area contributed by atoms with Crippen LogP contribution in [0.25, 0.3) is 0 Å². The van der Waals surface area contributed by atoms with Crippen molar-refractivity contribution in [3.63, 3.8) is 0 Å². The number of anilines is 3. The molecule has 1 aromatic carbocycles. The summed E-state index contributed by atoms with van der Waals surface area (Å²) >= 11 is 0. The molecule has 1 aromatic heterocycles. The molecule has 1 heterocycles. The number of benzene rings is 1. The van der Waals surface area contributed by atoms with Crippen LogP contribution in [-0.2, 0) is 4.74 Å². The number of hydrogen-bond donors (Lipinski definition) is 2. The molecule has 0 atom stereocenters. The lowest BCUT2D eigenvalue weighted by atomic mass is 10.0. The summed E-state index contributed by atoms with van der Waals surface area (Å²) in [6.45, 7) is 7.90. The molecular weight excluding hydrogens is 288 g/mol. The molecule has 0 aliphatic carbocycles. The third-order valence-electron chi connectivity index (χ3n) is 3.51. The van der Waals surface area contributed by atoms with E-state index in [9.17, 15) is 0 Å². The Bertz CT molecular complexity index is 628. The first kappa shape index (κ1) is 17.2. The lowest BCUT2D eigenvalue weighted by molar-refractivity contribution is 0.198. The van der Waals surface area contributed by atoms with Gasteiger partial charge in [0.2, 0.25) is 5.95 Å². The highest BCUT2D eigenvalue weighted by Crippen LogP contribution is 2.26. The summed E-state index contributed by atoms with van der Waals surface area (Å²) in [4.78, 5) is 9.04. The van der Waals surface area contributed by atoms with Crippen LogP contribution >= 0.6 is 0 Å². The summed E-state index contributed by atoms with van der Waals surface area (Å²) in [5.41, 5.74) is 3.24. The summed E-state index contributed by atoms with van der Waals surface area (Å²) in [6.07, 6.45) is 0.943. The fourth-order valence-corrected chi connectivity index (χ4v) is 2.38. The van der Waals surface area contributed by atoms with Gasteiger partial charge >= 0.3 is 0 Å². The average Bonchev–Trinajstić information content (AvgIpc) is 2.51. The van der Waals surface area contributed by atoms with Crippen LogP contribution in [-0.4, -0.2) is 30.2 Å². The van der Waals surface area contributed by atoms with Crippen LogP contribution in [0.1, 0.15) is 37.4 Å². The molecule has 124 valence electrons. The van der Waals surface area contributed by atoms with E-state index >= 15 is 0 Å². The van der Waals surface area contributed by atoms with E-state index in [4.69, 9.17) is 4.74 Å². The number of aryl methyl sites for hydroxylation is 1. The van der Waals surface area contributed by atoms with Gasteiger partial charge in [-0.25, -0.2) is 4.98 Å². The molecule has 0 spiro atoms. The van der Waals surface area contributed by atoms with Gasteiger partial charge in [0.15, 0.2) is 0 Å². The first-order valence-corrected chi connectivity index (χ1v) is 8.04. The number of nitrogens with zero attached hydrogens (tertiary/aromatic N) is 2. The maximum absolute atomic E-state index is 5.06. The number of hydrogen-bond acceptors (Lipinski definition) is 5. The molecule has 0 saturated heterocycles. The van der Waals surface area contributed by atoms with Crippen molar-refractivity contribution in [3.8, 4) is 0 Å². The van der Waals surface area contributed by atoms with Crippen LogP contribution in [0.2, 0.25) is 0 Å². The summed E-state index contributed by atoms with van der Waals surface area (Å²) in [6, 6.07) is 10.2. The number of ether oxygens (including phenoxy) is 1. The zero-order valence-electron chi connectivity index (χ0n) is 14.4. The van der Waals surface area contributed by atoms with Gasteiger partial charge in [-0.3, -0.25) is 0 Å². The van der Waals surface area contributed by atoms with E-state index < -0.39 is 0 Å². The Labute approximate surface area is 138 Å². The topological polar surface area (TPSA) is 59.1 Å². The maximum atomic E-state index is 5.06. The molecule has 0 aliphatic heterocycles. The van der Waals surface area contributed by atoms with E-state index in [1.807, 2.05) is 19.1 Å². The van der Waals surface area contributed by atoms with Gasteiger partial charge in [0, 0.05) is 37.7 Å². The van der Waals surface area contributed by atoms with Crippen LogP contribution in [0.5, 0.6) is 0 Å². The molecule has 23 heavy (non-hydrogen) atoms. The van der Waals surface area contributed by atoms with E-state index in [-0.39, 0.29) is 0 Å². The Hall–Kier alpha value is -2.14. The molecule has 0 fully saturated rings. The molecule has 2 N–H and O–H groups in total. The van der Waals surface area contributed by atoms with Crippen LogP contribution in [0.4, 0.5) is 17.5 Å². The van der Waals surface area contributed by atoms with Crippen molar-refractivity contribution in [2.75, 3.05) is 30.9 Å². The fraction of sp³-hybridized carbons (Fsp3) is 0.444. The first-order chi connectivity index (χ1) is 11.1. The number of methoxy groups -OCH3 is 1. The number of rotatable bonds is 8. The van der Waals surface area contributed by atoms with E-state index in [1.54, 1.807) is 7.11 Å². The van der Waals surface area contributed by atoms with E-state index in [0.717, 1.165) is 36.8 Å². The van der Waals surface area contributed by atoms with Crippen LogP contribution in [0, 0.1) is 6.92 Å². The molecule has 0 radical (unpaired) electrons. The Morgan fingerprint density at radius 3 is 2.70 bits per heavy atom. The van der Waals surface area contributed by atoms with Crippen molar-refractivity contribution in [3.05, 3.63) is 41.6 Å². The first-order valence-electron chi connectivity index (χ1n) is 8.04. The SMILES string of the molecule is COCCCNc1cc(C)nc(Nc2ccccc2C(C)C)n1. The van der Waals surface area contributed by atoms with E-state index in [0.29, 0.717) is 11.9 Å². The van der Waals surface area contributed by atoms with Crippen molar-refractivity contribution < 1.29 is 4.74 Å². The van der Waals surface area contributed by atoms with Crippen LogP contribution in [0.3, 0.4) is 0 Å². The van der Waals surface area contributed by atoms with Gasteiger partial charge in [0.25, 0.3) is 0 Å². The summed E-state index contributed by atoms with van der Waals surface area (Å²) in [5.74, 6) is 1.89. The van der Waals surface area contributed by atoms with E-state index in [2.05, 4.69) is 52.6 Å². The summed E-state index contributed by atoms with van der Waals surface area (Å²) < 4.78 is 5.06. The zero-order valence-corrected chi connectivity index (χ0v) is 14.4. The Morgan fingerprint density at radius 1 is 1.17 bits per heavy atom. The largest absolute Gasteiger partial charge is 0.385 e. The number of aromatic nitrogens is 2. The highest BCUT2D eigenvalue weighted by molar-refractivity contribution is 5.60. The lowest BCUT2D eigenvalue weighted by Crippen LogP contribution is -2.09. The van der Waals surface area contributed by atoms with Crippen LogP contribution < -0.4 is 10.6 Å². The highest BCUT2D eigenvalue weighted by Gasteiger charge is 2.08. The maximum Gasteiger partial charge on any atom is 0.229 e. The molecule has 0 saturated carbocycles. The molecule has 0 bridgehead atoms. The van der Waals surface area contributed by atoms with Gasteiger partial charge < -0.3 is 15.4 Å². The molecule has 5 heteroatoms. The van der Waals surface area contributed by atoms with Crippen LogP contribution in [0.15, 0.2) is 30.3 Å². The van der Waals surface area contributed by atoms with Gasteiger partial charge in [-0.15, -0.1) is 0 Å². The lowest BCUT2D eigenvalue weighted by Gasteiger charge is -2.14. The second-order valence-electron chi connectivity index (χ2n) is 5.86. The summed E-state index contributed by atoms with van der Waals surface area (Å²) in [5, 5.41) is 6.66. The van der Waals surface area contributed by atoms with Crippen molar-refractivity contribution in [1.29, 1.82) is 0 Å². The molecule has 2 rings (SSSR count). The van der Waals surface area contributed by atoms with Crippen molar-refractivity contribution >= 4 is 17.5 Å². The number of para-hydroxylation sites is 1. The zero-order chi connectivity index (χ0) is 16.7. The van der Waals surface area contributed by atoms with Gasteiger partial charge in [-0.1, -0.05) is 32.0 Å². The quantitative estimate of drug-likeness (QED) is 0.718. The van der Waals surface area contributed by atoms with Gasteiger partial charge in [-0.2, -0.15) is 4.98 Å². The minimum absolute atomic E-state index is 0.440. The Morgan fingerprint density at radius 2 is 1.96 bits per heavy atom. The Kier molecular flexibility index (Phi) is 6.35. The minimum Gasteiger partial charge on any atom is -0.385 e. The molecule has 0 aliphatic rings. The Balaban J connectivity index is 2.12. The number of nitrogens with one attached hydrogen (secondary N) is 2. The highest BCUT2D eigenvalue weighted by atomic mass is 16.5. The monoisotopic (exact) mass is 314 g/mol. The average molecular weight is 314 g/mol. The second-order valence-corrected chi connectivity index (χ2v) is 5.86. The van der Waals surface area contributed by atoms with E-state index in [1.165, 1.54) is 5.56 Å². The molecular formula is C18H26N4O. The molecule has 2 aromatic rings. The molecule has 0 unspecified atom stereocenters. The minimum atomic E-state index is 0.440. The smallest absolute Gasteiger partial charge is 0.229 e. The molecule has 0 amide bonds. The summed E-state index contributed by atoms with van der Waals surface area (Å²) in [7, 11) is 1.71. The fourth-order valence-electron chi connectivity index (χ4n) is 2.38. The van der Waals surface area contributed by atoms with Crippen molar-refractivity contribution in [2.24, 2.45) is 0 Å². The third-order valence-corrected chi connectivity index (χ3v) is 3.51. The van der Waals surface area contributed by atoms with Crippen molar-refractivity contribution in [1.82, 2.24) is 9.97 Å². The van der Waals surface area contributed by atoms with Gasteiger partial charge in [0.1, 0.15) is 5.82 Å². The standard InChI is InChI=1S/C18H26N4O/c1-13(2)15-8-5-6-9-16(15)21-18-20-14(3)12-17(22-18)19-10-7-11-23-4/h5-6,8-9,12-13H,7,10-11H2,1-4H3,(H2,19,20,21,22). The third kappa shape index (κ3) is 5.21. The normalized spacial score (nSPS) is 10.8. The second kappa shape index (κ2) is 8.48.